The predicted octanol–water partition coefficient (Wildman–Crippen LogP) is 1.46. The minimum atomic E-state index is -0.388. The molecular formula is C14H13N5O2. The number of hydrogen-bond acceptors (Lipinski definition) is 4. The number of hydrogen-bond donors (Lipinski definition) is 3. The van der Waals surface area contributed by atoms with Crippen LogP contribution in [0.5, 0.6) is 0 Å². The molecule has 0 saturated heterocycles. The van der Waals surface area contributed by atoms with Crippen LogP contribution >= 0.6 is 0 Å². The second kappa shape index (κ2) is 5.20. The van der Waals surface area contributed by atoms with Crippen LogP contribution in [0.15, 0.2) is 35.1 Å². The van der Waals surface area contributed by atoms with Gasteiger partial charge in [0.1, 0.15) is 11.5 Å². The van der Waals surface area contributed by atoms with E-state index in [0.717, 1.165) is 23.3 Å². The molecule has 0 radical (unpaired) electrons. The lowest BCUT2D eigenvalue weighted by Crippen LogP contribution is -2.17. The van der Waals surface area contributed by atoms with Gasteiger partial charge in [0, 0.05) is 18.2 Å². The Balaban J connectivity index is 1.85. The van der Waals surface area contributed by atoms with Crippen molar-refractivity contribution in [2.45, 2.75) is 13.3 Å². The number of aromatic amines is 2. The lowest BCUT2D eigenvalue weighted by atomic mass is 10.2. The van der Waals surface area contributed by atoms with Crippen LogP contribution in [0.4, 0.5) is 5.69 Å². The fourth-order valence-corrected chi connectivity index (χ4v) is 1.97. The maximum Gasteiger partial charge on any atom is 0.276 e. The van der Waals surface area contributed by atoms with Crippen molar-refractivity contribution in [1.82, 2.24) is 20.2 Å². The maximum atomic E-state index is 12.0. The summed E-state index contributed by atoms with van der Waals surface area (Å²) in [6, 6.07) is 8.05. The molecule has 3 N–H and O–H groups in total. The summed E-state index contributed by atoms with van der Waals surface area (Å²) in [5.74, 6) is 0.511. The molecule has 0 bridgehead atoms. The summed E-state index contributed by atoms with van der Waals surface area (Å²) in [7, 11) is 0. The number of rotatable bonds is 3. The number of anilines is 1. The first-order valence-electron chi connectivity index (χ1n) is 6.51. The topological polar surface area (TPSA) is 104 Å². The van der Waals surface area contributed by atoms with Crippen LogP contribution in [-0.4, -0.2) is 26.1 Å². The molecule has 0 atom stereocenters. The number of nitrogens with one attached hydrogen (secondary N) is 3. The van der Waals surface area contributed by atoms with Crippen molar-refractivity contribution in [3.63, 3.8) is 0 Å². The van der Waals surface area contributed by atoms with Crippen LogP contribution < -0.4 is 10.9 Å². The van der Waals surface area contributed by atoms with E-state index in [-0.39, 0.29) is 17.2 Å². The van der Waals surface area contributed by atoms with Crippen molar-refractivity contribution in [3.8, 4) is 0 Å². The number of fused-ring (bicyclic) bond motifs is 1. The van der Waals surface area contributed by atoms with Gasteiger partial charge in [-0.3, -0.25) is 9.59 Å². The fraction of sp³-hybridized carbons (Fsp3) is 0.143. The van der Waals surface area contributed by atoms with Crippen LogP contribution in [-0.2, 0) is 6.42 Å². The van der Waals surface area contributed by atoms with Crippen LogP contribution in [0, 0.1) is 0 Å². The predicted molar refractivity (Wildman–Crippen MR) is 78.3 cm³/mol. The van der Waals surface area contributed by atoms with Crippen LogP contribution in [0.3, 0.4) is 0 Å². The Labute approximate surface area is 119 Å². The maximum absolute atomic E-state index is 12.0. The van der Waals surface area contributed by atoms with Gasteiger partial charge in [-0.05, 0) is 24.3 Å². The smallest absolute Gasteiger partial charge is 0.276 e. The first-order chi connectivity index (χ1) is 10.2. The minimum absolute atomic E-state index is 0.147. The molecule has 0 aliphatic carbocycles. The average Bonchev–Trinajstić information content (AvgIpc) is 2.90. The van der Waals surface area contributed by atoms with Gasteiger partial charge in [0.25, 0.3) is 11.5 Å². The van der Waals surface area contributed by atoms with Crippen LogP contribution in [0.1, 0.15) is 23.2 Å². The summed E-state index contributed by atoms with van der Waals surface area (Å²) in [4.78, 5) is 30.5. The van der Waals surface area contributed by atoms with E-state index in [1.54, 1.807) is 6.07 Å². The summed E-state index contributed by atoms with van der Waals surface area (Å²) in [6.07, 6.45) is 0.817. The molecule has 3 rings (SSSR count). The van der Waals surface area contributed by atoms with Gasteiger partial charge in [0.15, 0.2) is 0 Å². The molecule has 7 heteroatoms. The Hall–Kier alpha value is -2.96. The van der Waals surface area contributed by atoms with E-state index in [0.29, 0.717) is 5.69 Å². The largest absolute Gasteiger partial charge is 0.342 e. The molecule has 0 aliphatic rings. The molecule has 0 aliphatic heterocycles. The Morgan fingerprint density at radius 2 is 2.14 bits per heavy atom. The molecule has 7 nitrogen and oxygen atoms in total. The van der Waals surface area contributed by atoms with E-state index in [1.807, 2.05) is 19.1 Å². The molecule has 2 heterocycles. The molecular weight excluding hydrogens is 270 g/mol. The summed E-state index contributed by atoms with van der Waals surface area (Å²) in [5, 5.41) is 8.63. The fourth-order valence-electron chi connectivity index (χ4n) is 1.97. The zero-order valence-electron chi connectivity index (χ0n) is 11.3. The minimum Gasteiger partial charge on any atom is -0.342 e. The molecule has 3 aromatic rings. The quantitative estimate of drug-likeness (QED) is 0.677. The normalized spacial score (nSPS) is 10.7. The number of H-pyrrole nitrogens is 2. The highest BCUT2D eigenvalue weighted by molar-refractivity contribution is 6.03. The van der Waals surface area contributed by atoms with E-state index in [2.05, 4.69) is 25.5 Å². The first kappa shape index (κ1) is 13.0. The number of benzene rings is 1. The summed E-state index contributed by atoms with van der Waals surface area (Å²) in [5.41, 5.74) is 2.14. The highest BCUT2D eigenvalue weighted by atomic mass is 16.2. The van der Waals surface area contributed by atoms with Crippen molar-refractivity contribution in [2.24, 2.45) is 0 Å². The Bertz CT molecular complexity index is 845. The molecule has 0 fully saturated rings. The molecule has 0 spiro atoms. The van der Waals surface area contributed by atoms with Crippen molar-refractivity contribution in [1.29, 1.82) is 0 Å². The van der Waals surface area contributed by atoms with Crippen molar-refractivity contribution in [3.05, 3.63) is 52.2 Å². The van der Waals surface area contributed by atoms with E-state index in [4.69, 9.17) is 0 Å². The lowest BCUT2D eigenvalue weighted by Gasteiger charge is -2.03. The van der Waals surface area contributed by atoms with Crippen LogP contribution in [0.2, 0.25) is 0 Å². The van der Waals surface area contributed by atoms with Crippen molar-refractivity contribution in [2.75, 3.05) is 5.32 Å². The SMILES string of the molecule is CCc1nc2ccc(NC(=O)c3ccc(=O)[nH]n3)cc2[nH]1. The zero-order chi connectivity index (χ0) is 14.8. The molecule has 1 aromatic carbocycles. The number of aromatic nitrogens is 4. The average molecular weight is 283 g/mol. The third kappa shape index (κ3) is 2.66. The molecule has 1 amide bonds. The summed E-state index contributed by atoms with van der Waals surface area (Å²) in [6.45, 7) is 2.02. The van der Waals surface area contributed by atoms with Gasteiger partial charge in [0.05, 0.1) is 11.0 Å². The molecule has 21 heavy (non-hydrogen) atoms. The highest BCUT2D eigenvalue weighted by Gasteiger charge is 2.09. The van der Waals surface area contributed by atoms with E-state index >= 15 is 0 Å². The second-order valence-corrected chi connectivity index (χ2v) is 4.53. The number of nitrogens with zero attached hydrogens (tertiary/aromatic N) is 2. The lowest BCUT2D eigenvalue weighted by molar-refractivity contribution is 0.102. The Morgan fingerprint density at radius 3 is 2.86 bits per heavy atom. The van der Waals surface area contributed by atoms with Gasteiger partial charge in [-0.25, -0.2) is 10.1 Å². The highest BCUT2D eigenvalue weighted by Crippen LogP contribution is 2.17. The molecule has 0 unspecified atom stereocenters. The number of amides is 1. The number of imidazole rings is 1. The first-order valence-corrected chi connectivity index (χ1v) is 6.51. The standard InChI is InChI=1S/C14H13N5O2/c1-2-12-16-9-4-3-8(7-11(9)17-12)15-14(21)10-5-6-13(20)19-18-10/h3-7H,2H2,1H3,(H,15,21)(H,16,17)(H,19,20). The third-order valence-electron chi connectivity index (χ3n) is 3.04. The number of carbonyl (C=O) groups is 1. The molecule has 2 aromatic heterocycles. The van der Waals surface area contributed by atoms with Crippen molar-refractivity contribution >= 4 is 22.6 Å². The van der Waals surface area contributed by atoms with E-state index in [1.165, 1.54) is 12.1 Å². The van der Waals surface area contributed by atoms with E-state index in [9.17, 15) is 9.59 Å². The second-order valence-electron chi connectivity index (χ2n) is 4.53. The molecule has 0 saturated carbocycles. The van der Waals surface area contributed by atoms with Gasteiger partial charge in [-0.15, -0.1) is 0 Å². The third-order valence-corrected chi connectivity index (χ3v) is 3.04. The van der Waals surface area contributed by atoms with Gasteiger partial charge < -0.3 is 10.3 Å². The van der Waals surface area contributed by atoms with Gasteiger partial charge in [-0.2, -0.15) is 5.10 Å². The summed E-state index contributed by atoms with van der Waals surface area (Å²) < 4.78 is 0. The molecule has 106 valence electrons. The van der Waals surface area contributed by atoms with Crippen molar-refractivity contribution < 1.29 is 4.79 Å². The Morgan fingerprint density at radius 1 is 1.29 bits per heavy atom. The summed E-state index contributed by atoms with van der Waals surface area (Å²) >= 11 is 0. The van der Waals surface area contributed by atoms with Crippen LogP contribution in [0.25, 0.3) is 11.0 Å². The zero-order valence-corrected chi connectivity index (χ0v) is 11.3. The number of aryl methyl sites for hydroxylation is 1. The monoisotopic (exact) mass is 283 g/mol. The van der Waals surface area contributed by atoms with E-state index < -0.39 is 0 Å². The van der Waals surface area contributed by atoms with Gasteiger partial charge >= 0.3 is 0 Å². The van der Waals surface area contributed by atoms with Gasteiger partial charge in [-0.1, -0.05) is 6.92 Å². The van der Waals surface area contributed by atoms with Gasteiger partial charge in [0.2, 0.25) is 0 Å². The Kier molecular flexibility index (Phi) is 3.23. The number of carbonyl (C=O) groups excluding carboxylic acids is 1.